The van der Waals surface area contributed by atoms with Crippen LogP contribution in [0.4, 0.5) is 21.7 Å². The van der Waals surface area contributed by atoms with E-state index >= 15 is 4.39 Å². The normalized spacial score (nSPS) is 17.4. The lowest BCUT2D eigenvalue weighted by atomic mass is 10.0. The molecule has 3 aromatic carbocycles. The van der Waals surface area contributed by atoms with Crippen LogP contribution in [-0.2, 0) is 9.53 Å². The van der Waals surface area contributed by atoms with Gasteiger partial charge in [-0.15, -0.1) is 0 Å². The van der Waals surface area contributed by atoms with Crippen molar-refractivity contribution in [3.05, 3.63) is 90.9 Å². The fraction of sp³-hybridized carbons (Fsp3) is 0.179. The molecule has 5 rings (SSSR count). The molecule has 2 heterocycles. The molecule has 9 heteroatoms. The van der Waals surface area contributed by atoms with E-state index in [0.29, 0.717) is 46.8 Å². The van der Waals surface area contributed by atoms with Crippen LogP contribution in [-0.4, -0.2) is 41.6 Å². The Bertz CT molecular complexity index is 1440. The van der Waals surface area contributed by atoms with Gasteiger partial charge in [0.25, 0.3) is 0 Å². The monoisotopic (exact) mass is 498 g/mol. The molecule has 2 atom stereocenters. The Morgan fingerprint density at radius 3 is 2.81 bits per heavy atom. The Labute approximate surface area is 213 Å². The largest absolute Gasteiger partial charge is 0.371 e. The van der Waals surface area contributed by atoms with Crippen LogP contribution >= 0.6 is 0 Å². The Morgan fingerprint density at radius 1 is 1.19 bits per heavy atom. The summed E-state index contributed by atoms with van der Waals surface area (Å²) in [5.74, 6) is -0.442. The highest BCUT2D eigenvalue weighted by atomic mass is 19.1. The van der Waals surface area contributed by atoms with E-state index in [1.807, 2.05) is 24.3 Å². The molecule has 1 aliphatic rings. The lowest BCUT2D eigenvalue weighted by Gasteiger charge is -2.32. The van der Waals surface area contributed by atoms with E-state index in [9.17, 15) is 4.79 Å². The van der Waals surface area contributed by atoms with Crippen molar-refractivity contribution in [3.63, 3.8) is 0 Å². The van der Waals surface area contributed by atoms with Crippen molar-refractivity contribution in [1.29, 1.82) is 0 Å². The third-order valence-electron chi connectivity index (χ3n) is 6.23. The summed E-state index contributed by atoms with van der Waals surface area (Å²) in [7, 11) is 0. The van der Waals surface area contributed by atoms with Crippen LogP contribution in [0.5, 0.6) is 0 Å². The third kappa shape index (κ3) is 5.34. The van der Waals surface area contributed by atoms with E-state index in [4.69, 9.17) is 10.5 Å². The van der Waals surface area contributed by atoms with Crippen molar-refractivity contribution in [3.8, 4) is 11.1 Å². The first-order valence-electron chi connectivity index (χ1n) is 12.0. The molecule has 0 bridgehead atoms. The van der Waals surface area contributed by atoms with Crippen LogP contribution in [0.15, 0.2) is 79.5 Å². The maximum atomic E-state index is 15.1. The molecule has 37 heavy (non-hydrogen) atoms. The molecule has 1 amide bonds. The fourth-order valence-electron chi connectivity index (χ4n) is 4.43. The molecular formula is C28H27FN6O2. The van der Waals surface area contributed by atoms with Crippen molar-refractivity contribution < 1.29 is 13.9 Å². The Balaban J connectivity index is 1.44. The number of hydrogen-bond acceptors (Lipinski definition) is 7. The maximum absolute atomic E-state index is 15.1. The number of nitrogens with two attached hydrogens (primary N) is 1. The zero-order valence-electron chi connectivity index (χ0n) is 20.1. The zero-order valence-corrected chi connectivity index (χ0v) is 20.1. The number of benzene rings is 3. The summed E-state index contributed by atoms with van der Waals surface area (Å²) in [5, 5.41) is 9.98. The Kier molecular flexibility index (Phi) is 7.18. The zero-order chi connectivity index (χ0) is 25.8. The minimum absolute atomic E-state index is 0.0632. The highest BCUT2D eigenvalue weighted by Gasteiger charge is 2.25. The number of halogens is 1. The number of carbonyl (C=O) groups is 1. The second-order valence-corrected chi connectivity index (χ2v) is 8.66. The van der Waals surface area contributed by atoms with Crippen molar-refractivity contribution in [1.82, 2.24) is 15.3 Å². The predicted octanol–water partition coefficient (Wildman–Crippen LogP) is 4.29. The highest BCUT2D eigenvalue weighted by Crippen LogP contribution is 2.32. The standard InChI is InChI=1S/C28H27FN6O2/c1-2-24(36)33-21-5-3-4-18(14-21)25-22(29)11-8-19-16-32-28(35-26(19)25)34-20-9-6-17(7-10-20)27-23(15-30)31-12-13-37-27/h2-11,14,16,23,27,31H,1,12-13,15,30H2,(H,33,36)(H,32,34,35)/t23?,27-/m0/s1. The summed E-state index contributed by atoms with van der Waals surface area (Å²) in [4.78, 5) is 20.8. The fourth-order valence-corrected chi connectivity index (χ4v) is 4.43. The van der Waals surface area contributed by atoms with Gasteiger partial charge in [0.2, 0.25) is 11.9 Å². The van der Waals surface area contributed by atoms with E-state index in [1.54, 1.807) is 36.5 Å². The van der Waals surface area contributed by atoms with Gasteiger partial charge in [0, 0.05) is 47.7 Å². The summed E-state index contributed by atoms with van der Waals surface area (Å²) in [5.41, 5.74) is 9.58. The molecule has 0 radical (unpaired) electrons. The van der Waals surface area contributed by atoms with Crippen LogP contribution in [0.2, 0.25) is 0 Å². The average Bonchev–Trinajstić information content (AvgIpc) is 2.93. The number of morpholine rings is 1. The lowest BCUT2D eigenvalue weighted by molar-refractivity contribution is -0.111. The summed E-state index contributed by atoms with van der Waals surface area (Å²) in [6.07, 6.45) is 2.72. The van der Waals surface area contributed by atoms with Crippen LogP contribution in [0, 0.1) is 5.82 Å². The number of hydrogen-bond donors (Lipinski definition) is 4. The Hall–Kier alpha value is -4.18. The van der Waals surface area contributed by atoms with Gasteiger partial charge in [0.05, 0.1) is 18.2 Å². The summed E-state index contributed by atoms with van der Waals surface area (Å²) in [6.45, 7) is 5.37. The molecule has 1 aromatic heterocycles. The highest BCUT2D eigenvalue weighted by molar-refractivity contribution is 6.00. The number of amides is 1. The molecule has 4 aromatic rings. The van der Waals surface area contributed by atoms with Gasteiger partial charge in [-0.2, -0.15) is 0 Å². The second kappa shape index (κ2) is 10.8. The molecule has 188 valence electrons. The summed E-state index contributed by atoms with van der Waals surface area (Å²) in [6, 6.07) is 17.8. The first-order chi connectivity index (χ1) is 18.1. The summed E-state index contributed by atoms with van der Waals surface area (Å²) < 4.78 is 21.0. The second-order valence-electron chi connectivity index (χ2n) is 8.66. The number of carbonyl (C=O) groups excluding carboxylic acids is 1. The number of fused-ring (bicyclic) bond motifs is 1. The van der Waals surface area contributed by atoms with E-state index in [0.717, 1.165) is 17.8 Å². The smallest absolute Gasteiger partial charge is 0.247 e. The van der Waals surface area contributed by atoms with Crippen LogP contribution in [0.1, 0.15) is 11.7 Å². The van der Waals surface area contributed by atoms with E-state index < -0.39 is 5.82 Å². The van der Waals surface area contributed by atoms with Gasteiger partial charge < -0.3 is 26.4 Å². The van der Waals surface area contributed by atoms with Gasteiger partial charge in [-0.3, -0.25) is 4.79 Å². The number of nitrogens with zero attached hydrogens (tertiary/aromatic N) is 2. The number of aromatic nitrogens is 2. The minimum atomic E-state index is -0.427. The van der Waals surface area contributed by atoms with Gasteiger partial charge in [-0.05, 0) is 53.6 Å². The van der Waals surface area contributed by atoms with Gasteiger partial charge in [-0.1, -0.05) is 30.8 Å². The first-order valence-corrected chi connectivity index (χ1v) is 12.0. The van der Waals surface area contributed by atoms with E-state index in [-0.39, 0.29) is 18.1 Å². The Morgan fingerprint density at radius 2 is 2.03 bits per heavy atom. The van der Waals surface area contributed by atoms with Gasteiger partial charge in [0.15, 0.2) is 0 Å². The molecule has 8 nitrogen and oxygen atoms in total. The molecule has 0 saturated carbocycles. The van der Waals surface area contributed by atoms with Gasteiger partial charge >= 0.3 is 0 Å². The van der Waals surface area contributed by atoms with Crippen molar-refractivity contribution >= 4 is 34.1 Å². The molecular weight excluding hydrogens is 471 g/mol. The predicted molar refractivity (Wildman–Crippen MR) is 143 cm³/mol. The molecule has 5 N–H and O–H groups in total. The lowest BCUT2D eigenvalue weighted by Crippen LogP contribution is -2.47. The van der Waals surface area contributed by atoms with Crippen LogP contribution in [0.25, 0.3) is 22.0 Å². The topological polar surface area (TPSA) is 114 Å². The first kappa shape index (κ1) is 24.5. The molecule has 0 aliphatic carbocycles. The van der Waals surface area contributed by atoms with Crippen LogP contribution < -0.4 is 21.7 Å². The number of ether oxygens (including phenoxy) is 1. The summed E-state index contributed by atoms with van der Waals surface area (Å²) >= 11 is 0. The van der Waals surface area contributed by atoms with E-state index in [1.165, 1.54) is 12.1 Å². The molecule has 1 unspecified atom stereocenters. The van der Waals surface area contributed by atoms with Crippen LogP contribution in [0.3, 0.4) is 0 Å². The molecule has 0 spiro atoms. The maximum Gasteiger partial charge on any atom is 0.247 e. The van der Waals surface area contributed by atoms with Crippen molar-refractivity contribution in [2.24, 2.45) is 5.73 Å². The quantitative estimate of drug-likeness (QED) is 0.281. The average molecular weight is 499 g/mol. The van der Waals surface area contributed by atoms with Gasteiger partial charge in [-0.25, -0.2) is 14.4 Å². The molecule has 1 aliphatic heterocycles. The number of nitrogens with one attached hydrogen (secondary N) is 3. The molecule has 1 saturated heterocycles. The molecule has 1 fully saturated rings. The number of rotatable bonds is 7. The van der Waals surface area contributed by atoms with Crippen molar-refractivity contribution in [2.75, 3.05) is 30.3 Å². The van der Waals surface area contributed by atoms with Gasteiger partial charge in [0.1, 0.15) is 5.82 Å². The SMILES string of the molecule is C=CC(=O)Nc1cccc(-c2c(F)ccc3cnc(Nc4ccc([C@@H]5OCCNC5CN)cc4)nc23)c1. The third-order valence-corrected chi connectivity index (χ3v) is 6.23. The number of anilines is 3. The van der Waals surface area contributed by atoms with Crippen molar-refractivity contribution in [2.45, 2.75) is 12.1 Å². The minimum Gasteiger partial charge on any atom is -0.371 e. The van der Waals surface area contributed by atoms with E-state index in [2.05, 4.69) is 32.5 Å².